The van der Waals surface area contributed by atoms with E-state index in [0.717, 1.165) is 38.5 Å². The van der Waals surface area contributed by atoms with E-state index in [1.807, 2.05) is 0 Å². The molecule has 3 N–H and O–H groups in total. The molecule has 2 aliphatic rings. The van der Waals surface area contributed by atoms with Gasteiger partial charge in [-0.3, -0.25) is 4.55 Å². The molecule has 1 aromatic heterocycles. The fourth-order valence-corrected chi connectivity index (χ4v) is 5.57. The van der Waals surface area contributed by atoms with Crippen molar-refractivity contribution < 1.29 is 13.0 Å². The molecule has 1 heterocycles. The molecule has 0 amide bonds. The zero-order valence-electron chi connectivity index (χ0n) is 12.6. The van der Waals surface area contributed by atoms with E-state index >= 15 is 0 Å². The average molecular weight is 383 g/mol. The molecule has 2 aliphatic carbocycles. The predicted octanol–water partition coefficient (Wildman–Crippen LogP) is 3.14. The van der Waals surface area contributed by atoms with Gasteiger partial charge in [-0.1, -0.05) is 25.7 Å². The zero-order valence-corrected chi connectivity index (χ0v) is 14.9. The van der Waals surface area contributed by atoms with Crippen molar-refractivity contribution in [3.63, 3.8) is 0 Å². The van der Waals surface area contributed by atoms with Crippen LogP contribution < -0.4 is 5.73 Å². The SMILES string of the molecule is Nc1nc(Cl)nc(Cl)n1.O=S(=O)(O)C1CCCC12CCCCC2. The summed E-state index contributed by atoms with van der Waals surface area (Å²) in [5, 5.41) is -0.449. The summed E-state index contributed by atoms with van der Waals surface area (Å²) in [5.74, 6) is 0.0278. The maximum Gasteiger partial charge on any atom is 0.268 e. The van der Waals surface area contributed by atoms with E-state index in [-0.39, 0.29) is 21.9 Å². The van der Waals surface area contributed by atoms with Crippen LogP contribution in [0.4, 0.5) is 5.95 Å². The first-order valence-corrected chi connectivity index (χ1v) is 9.78. The maximum atomic E-state index is 11.3. The largest absolute Gasteiger partial charge is 0.368 e. The molecule has 0 bridgehead atoms. The molecular formula is C13H20Cl2N4O3S. The van der Waals surface area contributed by atoms with Crippen molar-refractivity contribution in [2.24, 2.45) is 5.41 Å². The summed E-state index contributed by atoms with van der Waals surface area (Å²) >= 11 is 10.6. The number of halogens is 2. The van der Waals surface area contributed by atoms with Crippen molar-refractivity contribution in [3.8, 4) is 0 Å². The summed E-state index contributed by atoms with van der Waals surface area (Å²) in [6.07, 6.45) is 8.10. The lowest BCUT2D eigenvalue weighted by Gasteiger charge is -2.37. The molecule has 2 fully saturated rings. The van der Waals surface area contributed by atoms with Gasteiger partial charge in [0.15, 0.2) is 0 Å². The quantitative estimate of drug-likeness (QED) is 0.715. The molecule has 10 heteroatoms. The van der Waals surface area contributed by atoms with Gasteiger partial charge in [-0.25, -0.2) is 0 Å². The number of hydrogen-bond donors (Lipinski definition) is 2. The lowest BCUT2D eigenvalue weighted by Crippen LogP contribution is -2.37. The van der Waals surface area contributed by atoms with Gasteiger partial charge in [0.05, 0.1) is 5.25 Å². The monoisotopic (exact) mass is 382 g/mol. The number of aromatic nitrogens is 3. The lowest BCUT2D eigenvalue weighted by atomic mass is 9.73. The minimum Gasteiger partial charge on any atom is -0.368 e. The molecule has 1 aromatic rings. The smallest absolute Gasteiger partial charge is 0.268 e. The zero-order chi connectivity index (χ0) is 17.1. The van der Waals surface area contributed by atoms with Crippen molar-refractivity contribution >= 4 is 39.3 Å². The van der Waals surface area contributed by atoms with E-state index in [4.69, 9.17) is 28.9 Å². The molecule has 0 radical (unpaired) electrons. The first-order valence-electron chi connectivity index (χ1n) is 7.52. The second kappa shape index (κ2) is 7.46. The van der Waals surface area contributed by atoms with E-state index in [2.05, 4.69) is 15.0 Å². The number of nitrogens with zero attached hydrogens (tertiary/aromatic N) is 3. The van der Waals surface area contributed by atoms with Crippen LogP contribution in [0.5, 0.6) is 0 Å². The van der Waals surface area contributed by atoms with Crippen LogP contribution in [0.2, 0.25) is 10.6 Å². The van der Waals surface area contributed by atoms with Crippen LogP contribution in [-0.4, -0.2) is 33.2 Å². The molecule has 3 rings (SSSR count). The minimum atomic E-state index is -3.81. The van der Waals surface area contributed by atoms with E-state index in [1.54, 1.807) is 0 Å². The lowest BCUT2D eigenvalue weighted by molar-refractivity contribution is 0.195. The number of nitrogen functional groups attached to an aromatic ring is 1. The van der Waals surface area contributed by atoms with Crippen LogP contribution in [0.3, 0.4) is 0 Å². The fourth-order valence-electron chi connectivity index (χ4n) is 3.74. The number of nitrogens with two attached hydrogens (primary N) is 1. The van der Waals surface area contributed by atoms with Gasteiger partial charge in [0.1, 0.15) is 0 Å². The Morgan fingerprint density at radius 3 is 2.00 bits per heavy atom. The topological polar surface area (TPSA) is 119 Å². The Balaban J connectivity index is 0.000000185. The Kier molecular flexibility index (Phi) is 6.05. The summed E-state index contributed by atoms with van der Waals surface area (Å²) in [5.41, 5.74) is 5.06. The van der Waals surface area contributed by atoms with E-state index in [1.165, 1.54) is 6.42 Å². The molecule has 1 unspecified atom stereocenters. The Morgan fingerprint density at radius 1 is 1.00 bits per heavy atom. The number of rotatable bonds is 1. The molecule has 0 aliphatic heterocycles. The van der Waals surface area contributed by atoms with Crippen molar-refractivity contribution in [2.75, 3.05) is 5.73 Å². The summed E-state index contributed by atoms with van der Waals surface area (Å²) in [4.78, 5) is 10.4. The highest BCUT2D eigenvalue weighted by molar-refractivity contribution is 7.86. The van der Waals surface area contributed by atoms with Gasteiger partial charge in [0.25, 0.3) is 10.1 Å². The van der Waals surface area contributed by atoms with Crippen LogP contribution in [0.1, 0.15) is 51.4 Å². The van der Waals surface area contributed by atoms with Gasteiger partial charge in [0.2, 0.25) is 16.5 Å². The van der Waals surface area contributed by atoms with Crippen LogP contribution in [0.25, 0.3) is 0 Å². The van der Waals surface area contributed by atoms with Gasteiger partial charge in [-0.2, -0.15) is 23.4 Å². The Labute approximate surface area is 145 Å². The summed E-state index contributed by atoms with van der Waals surface area (Å²) < 4.78 is 31.7. The van der Waals surface area contributed by atoms with Crippen LogP contribution >= 0.6 is 23.2 Å². The standard InChI is InChI=1S/C10H18O3S.C3H2Cl2N4/c11-14(12,13)9-5-4-8-10(9)6-2-1-3-7-10;4-1-7-2(5)9-3(6)8-1/h9H,1-8H2,(H,11,12,13);(H2,6,7,8,9). The Hall–Kier alpha value is -0.700. The third-order valence-corrected chi connectivity index (χ3v) is 6.42. The number of hydrogen-bond acceptors (Lipinski definition) is 6. The molecule has 1 spiro atoms. The van der Waals surface area contributed by atoms with Crippen LogP contribution in [0, 0.1) is 5.41 Å². The van der Waals surface area contributed by atoms with Crippen LogP contribution in [-0.2, 0) is 10.1 Å². The molecule has 0 aromatic carbocycles. The van der Waals surface area contributed by atoms with Gasteiger partial charge in [-0.05, 0) is 54.3 Å². The molecule has 7 nitrogen and oxygen atoms in total. The third kappa shape index (κ3) is 4.89. The second-order valence-electron chi connectivity index (χ2n) is 6.05. The first-order chi connectivity index (χ1) is 10.7. The second-order valence-corrected chi connectivity index (χ2v) is 8.33. The van der Waals surface area contributed by atoms with E-state index in [0.29, 0.717) is 6.42 Å². The average Bonchev–Trinajstić information content (AvgIpc) is 2.82. The third-order valence-electron chi connectivity index (χ3n) is 4.63. The van der Waals surface area contributed by atoms with Gasteiger partial charge >= 0.3 is 0 Å². The van der Waals surface area contributed by atoms with Crippen molar-refractivity contribution in [3.05, 3.63) is 10.6 Å². The van der Waals surface area contributed by atoms with Gasteiger partial charge < -0.3 is 5.73 Å². The Bertz CT molecular complexity index is 600. The highest BCUT2D eigenvalue weighted by atomic mass is 35.5. The van der Waals surface area contributed by atoms with Crippen LogP contribution in [0.15, 0.2) is 0 Å². The molecule has 130 valence electrons. The summed E-state index contributed by atoms with van der Waals surface area (Å²) in [6.45, 7) is 0. The summed E-state index contributed by atoms with van der Waals surface area (Å²) in [6, 6.07) is 0. The van der Waals surface area contributed by atoms with Gasteiger partial charge in [0, 0.05) is 0 Å². The Morgan fingerprint density at radius 2 is 1.52 bits per heavy atom. The molecule has 0 saturated heterocycles. The highest BCUT2D eigenvalue weighted by Gasteiger charge is 2.49. The number of anilines is 1. The summed E-state index contributed by atoms with van der Waals surface area (Å²) in [7, 11) is -3.81. The normalized spacial score (nSPS) is 23.3. The maximum absolute atomic E-state index is 11.3. The molecule has 2 saturated carbocycles. The minimum absolute atomic E-state index is 0.00694. The van der Waals surface area contributed by atoms with Gasteiger partial charge in [-0.15, -0.1) is 0 Å². The molecule has 1 atom stereocenters. The van der Waals surface area contributed by atoms with E-state index < -0.39 is 15.4 Å². The van der Waals surface area contributed by atoms with E-state index in [9.17, 15) is 13.0 Å². The predicted molar refractivity (Wildman–Crippen MR) is 89.0 cm³/mol. The highest BCUT2D eigenvalue weighted by Crippen LogP contribution is 2.51. The molecular weight excluding hydrogens is 363 g/mol. The first kappa shape index (κ1) is 18.6. The van der Waals surface area contributed by atoms with Crippen molar-refractivity contribution in [1.82, 2.24) is 15.0 Å². The van der Waals surface area contributed by atoms with Crippen molar-refractivity contribution in [2.45, 2.75) is 56.6 Å². The van der Waals surface area contributed by atoms with Crippen molar-refractivity contribution in [1.29, 1.82) is 0 Å². The molecule has 23 heavy (non-hydrogen) atoms. The fraction of sp³-hybridized carbons (Fsp3) is 0.769.